The second-order valence-corrected chi connectivity index (χ2v) is 9.59. The normalized spacial score (nSPS) is 15.4. The highest BCUT2D eigenvalue weighted by Crippen LogP contribution is 2.40. The van der Waals surface area contributed by atoms with Gasteiger partial charge in [0.1, 0.15) is 0 Å². The molecule has 28 heavy (non-hydrogen) atoms. The highest BCUT2D eigenvalue weighted by molar-refractivity contribution is 7.91. The number of sulfonamides is 1. The molecule has 148 valence electrons. The Bertz CT molecular complexity index is 1060. The molecule has 0 unspecified atom stereocenters. The number of nitriles is 1. The average molecular weight is 460 g/mol. The lowest BCUT2D eigenvalue weighted by atomic mass is 10.3. The minimum absolute atomic E-state index is 0.0510. The molecular weight excluding hydrogens is 445 g/mol. The van der Waals surface area contributed by atoms with Crippen molar-refractivity contribution in [3.63, 3.8) is 0 Å². The lowest BCUT2D eigenvalue weighted by Crippen LogP contribution is -2.27. The molecule has 1 fully saturated rings. The van der Waals surface area contributed by atoms with E-state index in [9.17, 15) is 13.5 Å². The SMILES string of the molecule is N#CNC(=Nc1cccc(Cl)c1Cl)Nc1csc(S(=O)(=O)N2CCCC2)c1O. The predicted octanol–water partition coefficient (Wildman–Crippen LogP) is 3.72. The summed E-state index contributed by atoms with van der Waals surface area (Å²) in [7, 11) is -3.77. The van der Waals surface area contributed by atoms with E-state index in [1.165, 1.54) is 9.69 Å². The van der Waals surface area contributed by atoms with Crippen LogP contribution in [0.1, 0.15) is 12.8 Å². The summed E-state index contributed by atoms with van der Waals surface area (Å²) < 4.78 is 26.5. The molecule has 1 aromatic heterocycles. The van der Waals surface area contributed by atoms with Gasteiger partial charge in [-0.1, -0.05) is 29.3 Å². The van der Waals surface area contributed by atoms with Gasteiger partial charge in [-0.2, -0.15) is 9.57 Å². The number of thiophene rings is 1. The monoisotopic (exact) mass is 459 g/mol. The van der Waals surface area contributed by atoms with Gasteiger partial charge < -0.3 is 10.4 Å². The fourth-order valence-electron chi connectivity index (χ4n) is 2.62. The molecule has 1 aromatic carbocycles. The zero-order chi connectivity index (χ0) is 20.3. The van der Waals surface area contributed by atoms with Crippen LogP contribution in [0.15, 0.2) is 32.8 Å². The van der Waals surface area contributed by atoms with Crippen molar-refractivity contribution in [2.45, 2.75) is 17.1 Å². The number of anilines is 1. The minimum Gasteiger partial charge on any atom is -0.504 e. The molecular formula is C16H15Cl2N5O3S2. The lowest BCUT2D eigenvalue weighted by molar-refractivity contribution is 0.451. The van der Waals surface area contributed by atoms with Gasteiger partial charge in [-0.15, -0.1) is 11.3 Å². The molecule has 0 radical (unpaired) electrons. The predicted molar refractivity (Wildman–Crippen MR) is 110 cm³/mol. The summed E-state index contributed by atoms with van der Waals surface area (Å²) in [4.78, 5) is 4.18. The molecule has 8 nitrogen and oxygen atoms in total. The third-order valence-corrected chi connectivity index (χ3v) is 8.16. The van der Waals surface area contributed by atoms with Crippen molar-refractivity contribution in [2.24, 2.45) is 4.99 Å². The molecule has 0 amide bonds. The van der Waals surface area contributed by atoms with Crippen LogP contribution < -0.4 is 10.6 Å². The molecule has 2 heterocycles. The van der Waals surface area contributed by atoms with E-state index in [-0.39, 0.29) is 25.9 Å². The molecule has 0 saturated carbocycles. The number of benzene rings is 1. The van der Waals surface area contributed by atoms with Crippen molar-refractivity contribution in [1.82, 2.24) is 9.62 Å². The number of rotatable bonds is 4. The number of hydrogen-bond acceptors (Lipinski definition) is 6. The number of aliphatic imine (C=N–C) groups is 1. The maximum absolute atomic E-state index is 12.7. The average Bonchev–Trinajstić information content (AvgIpc) is 3.31. The largest absolute Gasteiger partial charge is 0.504 e. The number of aromatic hydroxyl groups is 1. The molecule has 1 aliphatic rings. The summed E-state index contributed by atoms with van der Waals surface area (Å²) in [6.45, 7) is 0.858. The summed E-state index contributed by atoms with van der Waals surface area (Å²) in [5, 5.41) is 26.4. The van der Waals surface area contributed by atoms with Gasteiger partial charge in [0.15, 0.2) is 16.2 Å². The Labute approximate surface area is 176 Å². The van der Waals surface area contributed by atoms with E-state index in [4.69, 9.17) is 28.5 Å². The van der Waals surface area contributed by atoms with Gasteiger partial charge in [0.05, 0.1) is 21.4 Å². The Balaban J connectivity index is 1.91. The van der Waals surface area contributed by atoms with Crippen LogP contribution in [-0.4, -0.2) is 36.9 Å². The summed E-state index contributed by atoms with van der Waals surface area (Å²) in [5.74, 6) is -0.480. The van der Waals surface area contributed by atoms with Crippen molar-refractivity contribution >= 4 is 61.9 Å². The van der Waals surface area contributed by atoms with Crippen LogP contribution in [0.25, 0.3) is 0 Å². The van der Waals surface area contributed by atoms with Crippen LogP contribution in [0.5, 0.6) is 5.75 Å². The third-order valence-electron chi connectivity index (χ3n) is 3.96. The highest BCUT2D eigenvalue weighted by atomic mass is 35.5. The maximum Gasteiger partial charge on any atom is 0.256 e. The van der Waals surface area contributed by atoms with Gasteiger partial charge in [-0.05, 0) is 25.0 Å². The Morgan fingerprint density at radius 2 is 2.04 bits per heavy atom. The molecule has 1 saturated heterocycles. The first kappa shape index (κ1) is 20.7. The van der Waals surface area contributed by atoms with Gasteiger partial charge in [-0.25, -0.2) is 13.4 Å². The van der Waals surface area contributed by atoms with Crippen molar-refractivity contribution in [3.8, 4) is 11.9 Å². The third kappa shape index (κ3) is 4.19. The Kier molecular flexibility index (Phi) is 6.32. The Morgan fingerprint density at radius 1 is 1.32 bits per heavy atom. The summed E-state index contributed by atoms with van der Waals surface area (Å²) in [6, 6.07) is 4.82. The molecule has 0 aliphatic carbocycles. The topological polar surface area (TPSA) is 118 Å². The fraction of sp³-hybridized carbons (Fsp3) is 0.250. The zero-order valence-electron chi connectivity index (χ0n) is 14.3. The van der Waals surface area contributed by atoms with E-state index >= 15 is 0 Å². The molecule has 0 spiro atoms. The first-order valence-corrected chi connectivity index (χ1v) is 11.2. The van der Waals surface area contributed by atoms with Gasteiger partial charge in [0.2, 0.25) is 5.96 Å². The van der Waals surface area contributed by atoms with E-state index in [0.29, 0.717) is 18.8 Å². The van der Waals surface area contributed by atoms with Crippen LogP contribution in [0.2, 0.25) is 10.0 Å². The summed E-state index contributed by atoms with van der Waals surface area (Å²) in [6.07, 6.45) is 3.30. The van der Waals surface area contributed by atoms with Gasteiger partial charge in [-0.3, -0.25) is 5.32 Å². The molecule has 3 rings (SSSR count). The van der Waals surface area contributed by atoms with Crippen LogP contribution in [0, 0.1) is 11.5 Å². The van der Waals surface area contributed by atoms with E-state index in [2.05, 4.69) is 15.6 Å². The molecule has 2 aromatic rings. The van der Waals surface area contributed by atoms with Gasteiger partial charge in [0.25, 0.3) is 10.0 Å². The number of halogens is 2. The molecule has 0 bridgehead atoms. The van der Waals surface area contributed by atoms with Crippen molar-refractivity contribution in [3.05, 3.63) is 33.6 Å². The second-order valence-electron chi connectivity index (χ2n) is 5.79. The van der Waals surface area contributed by atoms with E-state index in [0.717, 1.165) is 24.2 Å². The first-order chi connectivity index (χ1) is 13.3. The maximum atomic E-state index is 12.7. The van der Waals surface area contributed by atoms with Crippen molar-refractivity contribution in [1.29, 1.82) is 5.26 Å². The Hall–Kier alpha value is -2.03. The lowest BCUT2D eigenvalue weighted by Gasteiger charge is -2.14. The number of nitrogens with zero attached hydrogens (tertiary/aromatic N) is 3. The standard InChI is InChI=1S/C16H15Cl2N5O3S2/c17-10-4-3-5-11(13(10)18)21-16(20-9-19)22-12-8-27-15(14(12)24)28(25,26)23-6-1-2-7-23/h3-5,8,24H,1-2,6-7H2,(H2,20,21,22). The highest BCUT2D eigenvalue weighted by Gasteiger charge is 2.32. The Morgan fingerprint density at radius 3 is 2.71 bits per heavy atom. The van der Waals surface area contributed by atoms with Crippen molar-refractivity contribution in [2.75, 3.05) is 18.4 Å². The minimum atomic E-state index is -3.77. The smallest absolute Gasteiger partial charge is 0.256 e. The number of hydrogen-bond donors (Lipinski definition) is 3. The van der Waals surface area contributed by atoms with Gasteiger partial charge in [0, 0.05) is 18.5 Å². The molecule has 12 heteroatoms. The summed E-state index contributed by atoms with van der Waals surface area (Å²) in [5.41, 5.74) is 0.390. The molecule has 3 N–H and O–H groups in total. The number of guanidine groups is 1. The molecule has 1 aliphatic heterocycles. The van der Waals surface area contributed by atoms with E-state index < -0.39 is 15.8 Å². The van der Waals surface area contributed by atoms with Crippen LogP contribution in [-0.2, 0) is 10.0 Å². The quantitative estimate of drug-likeness (QED) is 0.277. The van der Waals surface area contributed by atoms with Crippen molar-refractivity contribution < 1.29 is 13.5 Å². The van der Waals surface area contributed by atoms with E-state index in [1.54, 1.807) is 24.4 Å². The fourth-order valence-corrected chi connectivity index (χ4v) is 5.85. The number of nitrogens with one attached hydrogen (secondary N) is 2. The van der Waals surface area contributed by atoms with Crippen LogP contribution in [0.3, 0.4) is 0 Å². The first-order valence-electron chi connectivity index (χ1n) is 8.10. The second kappa shape index (κ2) is 8.55. The van der Waals surface area contributed by atoms with E-state index in [1.807, 2.05) is 0 Å². The van der Waals surface area contributed by atoms with Crippen LogP contribution in [0.4, 0.5) is 11.4 Å². The van der Waals surface area contributed by atoms with Gasteiger partial charge >= 0.3 is 0 Å². The molecule has 0 atom stereocenters. The zero-order valence-corrected chi connectivity index (χ0v) is 17.5. The summed E-state index contributed by atoms with van der Waals surface area (Å²) >= 11 is 12.9. The van der Waals surface area contributed by atoms with Crippen LogP contribution >= 0.6 is 34.5 Å².